The fourth-order valence-electron chi connectivity index (χ4n) is 0.421. The predicted octanol–water partition coefficient (Wildman–Crippen LogP) is 2.74. The Labute approximate surface area is 57.1 Å². The third kappa shape index (κ3) is 6.35. The number of thioether (sulfide) groups is 1. The zero-order valence-electron chi connectivity index (χ0n) is 5.81. The minimum absolute atomic E-state index is 0.793. The Hall–Kier alpha value is 0.350. The minimum atomic E-state index is 0.793. The van der Waals surface area contributed by atoms with Gasteiger partial charge in [0, 0.05) is 0 Å². The SMILES string of the molecule is [CH2]CCCSC(C)C. The summed E-state index contributed by atoms with van der Waals surface area (Å²) in [7, 11) is 0. The van der Waals surface area contributed by atoms with Gasteiger partial charge in [0.1, 0.15) is 0 Å². The van der Waals surface area contributed by atoms with Gasteiger partial charge in [-0.2, -0.15) is 11.8 Å². The van der Waals surface area contributed by atoms with Crippen molar-refractivity contribution in [3.63, 3.8) is 0 Å². The van der Waals surface area contributed by atoms with E-state index in [0.717, 1.165) is 11.7 Å². The maximum atomic E-state index is 3.77. The van der Waals surface area contributed by atoms with E-state index in [0.29, 0.717) is 0 Å². The molecule has 0 saturated heterocycles. The molecule has 8 heavy (non-hydrogen) atoms. The molecule has 0 aliphatic carbocycles. The Morgan fingerprint density at radius 2 is 2.12 bits per heavy atom. The quantitative estimate of drug-likeness (QED) is 0.529. The third-order valence-corrected chi connectivity index (χ3v) is 2.04. The van der Waals surface area contributed by atoms with Crippen LogP contribution >= 0.6 is 11.8 Å². The average Bonchev–Trinajstić information content (AvgIpc) is 1.66. The van der Waals surface area contributed by atoms with Crippen molar-refractivity contribution in [3.8, 4) is 0 Å². The third-order valence-electron chi connectivity index (χ3n) is 0.846. The van der Waals surface area contributed by atoms with Gasteiger partial charge in [-0.15, -0.1) is 0 Å². The van der Waals surface area contributed by atoms with E-state index in [2.05, 4.69) is 20.8 Å². The summed E-state index contributed by atoms with van der Waals surface area (Å²) in [5.41, 5.74) is 0. The second kappa shape index (κ2) is 5.49. The van der Waals surface area contributed by atoms with E-state index in [9.17, 15) is 0 Å². The summed E-state index contributed by atoms with van der Waals surface area (Å²) >= 11 is 2.02. The lowest BCUT2D eigenvalue weighted by molar-refractivity contribution is 0.961. The standard InChI is InChI=1S/C7H15S/c1-4-5-6-8-7(2)3/h7H,1,4-6H2,2-3H3. The van der Waals surface area contributed by atoms with Gasteiger partial charge in [-0.1, -0.05) is 27.2 Å². The van der Waals surface area contributed by atoms with Crippen LogP contribution in [0.4, 0.5) is 0 Å². The second-order valence-electron chi connectivity index (χ2n) is 2.13. The van der Waals surface area contributed by atoms with Gasteiger partial charge >= 0.3 is 0 Å². The number of hydrogen-bond donors (Lipinski definition) is 0. The highest BCUT2D eigenvalue weighted by atomic mass is 32.2. The maximum Gasteiger partial charge on any atom is -0.000968 e. The van der Waals surface area contributed by atoms with Gasteiger partial charge in [0.25, 0.3) is 0 Å². The molecule has 0 saturated carbocycles. The molecule has 0 atom stereocenters. The summed E-state index contributed by atoms with van der Waals surface area (Å²) < 4.78 is 0. The summed E-state index contributed by atoms with van der Waals surface area (Å²) in [4.78, 5) is 0. The lowest BCUT2D eigenvalue weighted by Crippen LogP contribution is -1.88. The Morgan fingerprint density at radius 3 is 2.50 bits per heavy atom. The van der Waals surface area contributed by atoms with Crippen molar-refractivity contribution in [1.29, 1.82) is 0 Å². The van der Waals surface area contributed by atoms with Crippen LogP contribution in [-0.2, 0) is 0 Å². The highest BCUT2D eigenvalue weighted by Crippen LogP contribution is 2.10. The van der Waals surface area contributed by atoms with E-state index >= 15 is 0 Å². The molecule has 0 spiro atoms. The molecule has 0 rings (SSSR count). The molecule has 0 bridgehead atoms. The van der Waals surface area contributed by atoms with Crippen LogP contribution in [0, 0.1) is 6.92 Å². The van der Waals surface area contributed by atoms with Gasteiger partial charge in [0.2, 0.25) is 0 Å². The topological polar surface area (TPSA) is 0 Å². The van der Waals surface area contributed by atoms with E-state index in [1.54, 1.807) is 0 Å². The Bertz CT molecular complexity index is 41.7. The highest BCUT2D eigenvalue weighted by Gasteiger charge is 1.90. The van der Waals surface area contributed by atoms with E-state index in [-0.39, 0.29) is 0 Å². The van der Waals surface area contributed by atoms with Crippen LogP contribution in [0.1, 0.15) is 26.7 Å². The van der Waals surface area contributed by atoms with E-state index in [1.807, 2.05) is 11.8 Å². The summed E-state index contributed by atoms with van der Waals surface area (Å²) in [6.45, 7) is 8.23. The summed E-state index contributed by atoms with van der Waals surface area (Å²) in [5.74, 6) is 1.28. The van der Waals surface area contributed by atoms with E-state index in [1.165, 1.54) is 12.2 Å². The van der Waals surface area contributed by atoms with E-state index < -0.39 is 0 Å². The first-order valence-corrected chi connectivity index (χ1v) is 4.23. The average molecular weight is 131 g/mol. The monoisotopic (exact) mass is 131 g/mol. The fraction of sp³-hybridized carbons (Fsp3) is 0.857. The van der Waals surface area contributed by atoms with E-state index in [4.69, 9.17) is 0 Å². The van der Waals surface area contributed by atoms with Crippen molar-refractivity contribution in [2.75, 3.05) is 5.75 Å². The zero-order valence-corrected chi connectivity index (χ0v) is 6.63. The van der Waals surface area contributed by atoms with Crippen molar-refractivity contribution < 1.29 is 0 Å². The van der Waals surface area contributed by atoms with Crippen LogP contribution in [0.15, 0.2) is 0 Å². The fourth-order valence-corrected chi connectivity index (χ4v) is 1.26. The molecule has 1 heteroatoms. The Balaban J connectivity index is 2.72. The molecule has 0 aliphatic rings. The van der Waals surface area contributed by atoms with Crippen molar-refractivity contribution in [2.45, 2.75) is 31.9 Å². The lowest BCUT2D eigenvalue weighted by Gasteiger charge is -2.00. The predicted molar refractivity (Wildman–Crippen MR) is 42.2 cm³/mol. The normalized spacial score (nSPS) is 10.5. The van der Waals surface area contributed by atoms with Gasteiger partial charge < -0.3 is 0 Å². The van der Waals surface area contributed by atoms with Gasteiger partial charge in [-0.05, 0) is 17.4 Å². The molecule has 0 N–H and O–H groups in total. The molecule has 0 nitrogen and oxygen atoms in total. The summed E-state index contributed by atoms with van der Waals surface area (Å²) in [5, 5.41) is 0.793. The van der Waals surface area contributed by atoms with Crippen molar-refractivity contribution in [1.82, 2.24) is 0 Å². The molecular formula is C7H15S. The van der Waals surface area contributed by atoms with Crippen LogP contribution in [-0.4, -0.2) is 11.0 Å². The first-order valence-electron chi connectivity index (χ1n) is 3.18. The van der Waals surface area contributed by atoms with Crippen molar-refractivity contribution in [3.05, 3.63) is 6.92 Å². The van der Waals surface area contributed by atoms with Crippen molar-refractivity contribution >= 4 is 11.8 Å². The Morgan fingerprint density at radius 1 is 1.50 bits per heavy atom. The van der Waals surface area contributed by atoms with Crippen LogP contribution in [0.25, 0.3) is 0 Å². The molecule has 0 aromatic heterocycles. The summed E-state index contributed by atoms with van der Waals surface area (Å²) in [6.07, 6.45) is 2.35. The maximum absolute atomic E-state index is 3.77. The molecule has 49 valence electrons. The van der Waals surface area contributed by atoms with Crippen LogP contribution in [0.2, 0.25) is 0 Å². The van der Waals surface area contributed by atoms with Gasteiger partial charge in [-0.25, -0.2) is 0 Å². The van der Waals surface area contributed by atoms with Crippen LogP contribution in [0.3, 0.4) is 0 Å². The smallest absolute Gasteiger partial charge is 0.000968 e. The molecule has 0 aliphatic heterocycles. The number of unbranched alkanes of at least 4 members (excludes halogenated alkanes) is 1. The zero-order chi connectivity index (χ0) is 6.41. The van der Waals surface area contributed by atoms with Gasteiger partial charge in [-0.3, -0.25) is 0 Å². The second-order valence-corrected chi connectivity index (χ2v) is 3.81. The molecular weight excluding hydrogens is 116 g/mol. The first-order chi connectivity index (χ1) is 3.77. The molecule has 0 aromatic carbocycles. The highest BCUT2D eigenvalue weighted by molar-refractivity contribution is 7.99. The van der Waals surface area contributed by atoms with Gasteiger partial charge in [0.15, 0.2) is 0 Å². The molecule has 0 aromatic rings. The molecule has 0 heterocycles. The molecule has 1 radical (unpaired) electrons. The first kappa shape index (κ1) is 8.35. The Kier molecular flexibility index (Phi) is 5.73. The minimum Gasteiger partial charge on any atom is -0.159 e. The van der Waals surface area contributed by atoms with Crippen LogP contribution in [0.5, 0.6) is 0 Å². The summed E-state index contributed by atoms with van der Waals surface area (Å²) in [6, 6.07) is 0. The van der Waals surface area contributed by atoms with Gasteiger partial charge in [0.05, 0.1) is 0 Å². The largest absolute Gasteiger partial charge is 0.159 e. The molecule has 0 fully saturated rings. The van der Waals surface area contributed by atoms with Crippen molar-refractivity contribution in [2.24, 2.45) is 0 Å². The number of rotatable bonds is 4. The molecule has 0 unspecified atom stereocenters. The van der Waals surface area contributed by atoms with Crippen LogP contribution < -0.4 is 0 Å². The molecule has 0 amide bonds. The number of hydrogen-bond acceptors (Lipinski definition) is 1. The lowest BCUT2D eigenvalue weighted by atomic mass is 10.4.